The van der Waals surface area contributed by atoms with E-state index in [4.69, 9.17) is 0 Å². The molecule has 0 spiro atoms. The predicted octanol–water partition coefficient (Wildman–Crippen LogP) is 2.18. The Hall–Kier alpha value is -0.570. The number of aliphatic hydroxyl groups is 1. The molecular formula is C12H20O3. The SMILES string of the molecule is CC1CCCC(O)(C2(C(=O)O)CC2)CC1. The number of carboxylic acid groups (broad SMARTS) is 1. The van der Waals surface area contributed by atoms with Crippen molar-refractivity contribution in [1.82, 2.24) is 0 Å². The minimum absolute atomic E-state index is 0.628. The molecule has 0 aromatic carbocycles. The summed E-state index contributed by atoms with van der Waals surface area (Å²) >= 11 is 0. The lowest BCUT2D eigenvalue weighted by atomic mass is 9.78. The Kier molecular flexibility index (Phi) is 2.53. The van der Waals surface area contributed by atoms with Gasteiger partial charge in [-0.3, -0.25) is 4.79 Å². The van der Waals surface area contributed by atoms with Crippen molar-refractivity contribution in [2.45, 2.75) is 57.5 Å². The van der Waals surface area contributed by atoms with Gasteiger partial charge in [0.1, 0.15) is 0 Å². The van der Waals surface area contributed by atoms with Crippen LogP contribution in [0.1, 0.15) is 51.9 Å². The Bertz CT molecular complexity index is 270. The van der Waals surface area contributed by atoms with Crippen molar-refractivity contribution in [3.63, 3.8) is 0 Å². The van der Waals surface area contributed by atoms with Gasteiger partial charge >= 0.3 is 5.97 Å². The third kappa shape index (κ3) is 1.67. The van der Waals surface area contributed by atoms with Gasteiger partial charge in [0.25, 0.3) is 0 Å². The second-order valence-corrected chi connectivity index (χ2v) is 5.45. The topological polar surface area (TPSA) is 57.5 Å². The molecule has 3 nitrogen and oxygen atoms in total. The predicted molar refractivity (Wildman–Crippen MR) is 56.5 cm³/mol. The molecule has 15 heavy (non-hydrogen) atoms. The van der Waals surface area contributed by atoms with Crippen molar-refractivity contribution in [1.29, 1.82) is 0 Å². The van der Waals surface area contributed by atoms with Gasteiger partial charge in [-0.15, -0.1) is 0 Å². The Morgan fingerprint density at radius 2 is 1.87 bits per heavy atom. The molecule has 86 valence electrons. The summed E-state index contributed by atoms with van der Waals surface area (Å²) in [4.78, 5) is 11.2. The van der Waals surface area contributed by atoms with Gasteiger partial charge in [0.2, 0.25) is 0 Å². The van der Waals surface area contributed by atoms with Crippen LogP contribution >= 0.6 is 0 Å². The molecule has 0 radical (unpaired) electrons. The van der Waals surface area contributed by atoms with Crippen molar-refractivity contribution < 1.29 is 15.0 Å². The maximum atomic E-state index is 11.2. The highest BCUT2D eigenvalue weighted by atomic mass is 16.4. The maximum absolute atomic E-state index is 11.2. The molecule has 0 aromatic rings. The van der Waals surface area contributed by atoms with E-state index in [1.165, 1.54) is 0 Å². The van der Waals surface area contributed by atoms with E-state index in [0.717, 1.165) is 19.3 Å². The van der Waals surface area contributed by atoms with Crippen LogP contribution in [0, 0.1) is 11.3 Å². The average molecular weight is 212 g/mol. The van der Waals surface area contributed by atoms with Crippen molar-refractivity contribution >= 4 is 5.97 Å². The molecule has 0 bridgehead atoms. The first-order valence-electron chi connectivity index (χ1n) is 5.96. The van der Waals surface area contributed by atoms with Gasteiger partial charge in [-0.2, -0.15) is 0 Å². The highest BCUT2D eigenvalue weighted by Crippen LogP contribution is 2.58. The van der Waals surface area contributed by atoms with Crippen molar-refractivity contribution in [3.8, 4) is 0 Å². The molecule has 2 saturated carbocycles. The molecule has 2 atom stereocenters. The fraction of sp³-hybridized carbons (Fsp3) is 0.917. The van der Waals surface area contributed by atoms with Crippen LogP contribution in [0.2, 0.25) is 0 Å². The van der Waals surface area contributed by atoms with E-state index in [1.54, 1.807) is 0 Å². The van der Waals surface area contributed by atoms with Gasteiger partial charge in [0.15, 0.2) is 0 Å². The van der Waals surface area contributed by atoms with Crippen molar-refractivity contribution in [3.05, 3.63) is 0 Å². The van der Waals surface area contributed by atoms with E-state index in [9.17, 15) is 15.0 Å². The monoisotopic (exact) mass is 212 g/mol. The Morgan fingerprint density at radius 1 is 1.20 bits per heavy atom. The number of aliphatic carboxylic acids is 1. The molecule has 0 saturated heterocycles. The summed E-state index contributed by atoms with van der Waals surface area (Å²) in [7, 11) is 0. The summed E-state index contributed by atoms with van der Waals surface area (Å²) in [6.07, 6.45) is 5.71. The Morgan fingerprint density at radius 3 is 2.40 bits per heavy atom. The molecule has 0 amide bonds. The summed E-state index contributed by atoms with van der Waals surface area (Å²) in [5, 5.41) is 19.8. The average Bonchev–Trinajstić information content (AvgIpc) is 2.94. The molecule has 2 aliphatic rings. The van der Waals surface area contributed by atoms with E-state index in [1.807, 2.05) is 0 Å². The molecule has 0 aromatic heterocycles. The van der Waals surface area contributed by atoms with Crippen LogP contribution in [0.15, 0.2) is 0 Å². The normalized spacial score (nSPS) is 39.5. The molecule has 2 rings (SSSR count). The number of hydrogen-bond donors (Lipinski definition) is 2. The summed E-state index contributed by atoms with van der Waals surface area (Å²) in [5.74, 6) is -0.164. The number of hydrogen-bond acceptors (Lipinski definition) is 2. The van der Waals surface area contributed by atoms with Crippen LogP contribution in [0.4, 0.5) is 0 Å². The zero-order chi connectivity index (χ0) is 11.1. The Labute approximate surface area is 90.5 Å². The first-order chi connectivity index (χ1) is 7.00. The van der Waals surface area contributed by atoms with E-state index in [-0.39, 0.29) is 0 Å². The summed E-state index contributed by atoms with van der Waals surface area (Å²) in [6, 6.07) is 0. The lowest BCUT2D eigenvalue weighted by molar-refractivity contribution is -0.157. The fourth-order valence-corrected chi connectivity index (χ4v) is 2.98. The van der Waals surface area contributed by atoms with Crippen molar-refractivity contribution in [2.24, 2.45) is 11.3 Å². The van der Waals surface area contributed by atoms with E-state index >= 15 is 0 Å². The molecule has 2 aliphatic carbocycles. The van der Waals surface area contributed by atoms with Gasteiger partial charge in [-0.05, 0) is 38.0 Å². The zero-order valence-corrected chi connectivity index (χ0v) is 9.33. The summed E-state index contributed by atoms with van der Waals surface area (Å²) in [6.45, 7) is 2.19. The van der Waals surface area contributed by atoms with Gasteiger partial charge in [-0.1, -0.05) is 19.8 Å². The number of rotatable bonds is 2. The van der Waals surface area contributed by atoms with Crippen LogP contribution in [-0.4, -0.2) is 21.8 Å². The minimum atomic E-state index is -0.927. The van der Waals surface area contributed by atoms with Gasteiger partial charge in [0, 0.05) is 0 Å². The minimum Gasteiger partial charge on any atom is -0.481 e. The van der Waals surface area contributed by atoms with Gasteiger partial charge in [-0.25, -0.2) is 0 Å². The van der Waals surface area contributed by atoms with Gasteiger partial charge in [0.05, 0.1) is 11.0 Å². The molecule has 0 aliphatic heterocycles. The maximum Gasteiger partial charge on any atom is 0.312 e. The largest absolute Gasteiger partial charge is 0.481 e. The van der Waals surface area contributed by atoms with Crippen LogP contribution in [-0.2, 0) is 4.79 Å². The fourth-order valence-electron chi connectivity index (χ4n) is 2.98. The molecular weight excluding hydrogens is 192 g/mol. The number of carbonyl (C=O) groups is 1. The standard InChI is InChI=1S/C12H20O3/c1-9-3-2-5-12(15,6-4-9)11(7-8-11)10(13)14/h9,15H,2-8H2,1H3,(H,13,14). The quantitative estimate of drug-likeness (QED) is 0.690. The van der Waals surface area contributed by atoms with Crippen LogP contribution in [0.5, 0.6) is 0 Å². The lowest BCUT2D eigenvalue weighted by Gasteiger charge is -2.33. The van der Waals surface area contributed by atoms with E-state index < -0.39 is 17.0 Å². The third-order valence-electron chi connectivity index (χ3n) is 4.39. The van der Waals surface area contributed by atoms with E-state index in [0.29, 0.717) is 31.6 Å². The molecule has 2 N–H and O–H groups in total. The highest BCUT2D eigenvalue weighted by Gasteiger charge is 2.63. The van der Waals surface area contributed by atoms with Crippen LogP contribution in [0.3, 0.4) is 0 Å². The molecule has 0 heterocycles. The summed E-state index contributed by atoms with van der Waals surface area (Å²) in [5.41, 5.74) is -1.72. The molecule has 2 unspecified atom stereocenters. The zero-order valence-electron chi connectivity index (χ0n) is 9.33. The smallest absolute Gasteiger partial charge is 0.312 e. The second kappa shape index (κ2) is 3.48. The number of carboxylic acids is 1. The first-order valence-corrected chi connectivity index (χ1v) is 5.96. The second-order valence-electron chi connectivity index (χ2n) is 5.45. The van der Waals surface area contributed by atoms with Crippen molar-refractivity contribution in [2.75, 3.05) is 0 Å². The van der Waals surface area contributed by atoms with Gasteiger partial charge < -0.3 is 10.2 Å². The third-order valence-corrected chi connectivity index (χ3v) is 4.39. The molecule has 2 fully saturated rings. The Balaban J connectivity index is 2.15. The molecule has 3 heteroatoms. The summed E-state index contributed by atoms with van der Waals surface area (Å²) < 4.78 is 0. The highest BCUT2D eigenvalue weighted by molar-refractivity contribution is 5.79. The lowest BCUT2D eigenvalue weighted by Crippen LogP contribution is -2.44. The van der Waals surface area contributed by atoms with E-state index in [2.05, 4.69) is 6.92 Å². The first kappa shape index (κ1) is 10.9. The van der Waals surface area contributed by atoms with Crippen LogP contribution in [0.25, 0.3) is 0 Å². The van der Waals surface area contributed by atoms with Crippen LogP contribution < -0.4 is 0 Å².